The quantitative estimate of drug-likeness (QED) is 0.873. The molecular weight excluding hydrogens is 264 g/mol. The number of carbonyl (C=O) groups is 1. The number of nitrogens with one attached hydrogen (secondary N) is 1. The number of ether oxygens (including phenoxy) is 1. The lowest BCUT2D eigenvalue weighted by atomic mass is 10.2. The molecule has 1 N–H and O–H groups in total. The van der Waals surface area contributed by atoms with Gasteiger partial charge in [-0.05, 0) is 25.5 Å². The second-order valence-electron chi connectivity index (χ2n) is 4.41. The van der Waals surface area contributed by atoms with Crippen LogP contribution in [0.3, 0.4) is 0 Å². The Morgan fingerprint density at radius 3 is 2.74 bits per heavy atom. The van der Waals surface area contributed by atoms with Gasteiger partial charge in [-0.2, -0.15) is 0 Å². The minimum absolute atomic E-state index is 0.0159. The molecule has 0 saturated carbocycles. The number of rotatable bonds is 6. The summed E-state index contributed by atoms with van der Waals surface area (Å²) in [4.78, 5) is 13.8. The van der Waals surface area contributed by atoms with Crippen LogP contribution in [0.5, 0.6) is 0 Å². The van der Waals surface area contributed by atoms with Crippen molar-refractivity contribution in [2.24, 2.45) is 0 Å². The zero-order valence-electron chi connectivity index (χ0n) is 11.6. The molecule has 1 aromatic carbocycles. The molecule has 1 atom stereocenters. The SMILES string of the molecule is CCN(Cc1ccccc1Cl)C(=O)NC(C)COC. The first-order valence-corrected chi connectivity index (χ1v) is 6.74. The lowest BCUT2D eigenvalue weighted by Crippen LogP contribution is -2.44. The number of hydrogen-bond acceptors (Lipinski definition) is 2. The summed E-state index contributed by atoms with van der Waals surface area (Å²) in [5, 5.41) is 3.57. The lowest BCUT2D eigenvalue weighted by Gasteiger charge is -2.24. The molecule has 4 nitrogen and oxygen atoms in total. The molecule has 0 spiro atoms. The molecule has 0 bridgehead atoms. The maximum Gasteiger partial charge on any atom is 0.317 e. The Morgan fingerprint density at radius 2 is 2.16 bits per heavy atom. The van der Waals surface area contributed by atoms with Gasteiger partial charge in [-0.15, -0.1) is 0 Å². The summed E-state index contributed by atoms with van der Waals surface area (Å²) in [5.41, 5.74) is 0.945. The molecule has 2 amide bonds. The van der Waals surface area contributed by atoms with Crippen molar-refractivity contribution in [3.8, 4) is 0 Å². The van der Waals surface area contributed by atoms with Gasteiger partial charge in [-0.25, -0.2) is 4.79 Å². The van der Waals surface area contributed by atoms with Crippen LogP contribution in [0.4, 0.5) is 4.79 Å². The number of halogens is 1. The number of nitrogens with zero attached hydrogens (tertiary/aromatic N) is 1. The summed E-state index contributed by atoms with van der Waals surface area (Å²) < 4.78 is 5.00. The number of amides is 2. The third kappa shape index (κ3) is 5.09. The van der Waals surface area contributed by atoms with Gasteiger partial charge in [0.05, 0.1) is 12.6 Å². The van der Waals surface area contributed by atoms with E-state index in [1.807, 2.05) is 38.1 Å². The Hall–Kier alpha value is -1.26. The number of methoxy groups -OCH3 is 1. The highest BCUT2D eigenvalue weighted by Gasteiger charge is 2.15. The van der Waals surface area contributed by atoms with E-state index in [-0.39, 0.29) is 12.1 Å². The molecule has 0 aromatic heterocycles. The van der Waals surface area contributed by atoms with E-state index >= 15 is 0 Å². The number of benzene rings is 1. The molecule has 106 valence electrons. The normalized spacial score (nSPS) is 12.0. The van der Waals surface area contributed by atoms with Gasteiger partial charge in [0.2, 0.25) is 0 Å². The molecule has 0 fully saturated rings. The molecule has 0 aliphatic rings. The van der Waals surface area contributed by atoms with E-state index in [0.29, 0.717) is 24.7 Å². The maximum absolute atomic E-state index is 12.1. The van der Waals surface area contributed by atoms with E-state index in [0.717, 1.165) is 5.56 Å². The molecule has 0 heterocycles. The fraction of sp³-hybridized carbons (Fsp3) is 0.500. The van der Waals surface area contributed by atoms with Crippen LogP contribution in [0.15, 0.2) is 24.3 Å². The molecule has 0 aliphatic heterocycles. The molecule has 0 radical (unpaired) electrons. The fourth-order valence-electron chi connectivity index (χ4n) is 1.75. The maximum atomic E-state index is 12.1. The van der Waals surface area contributed by atoms with Crippen LogP contribution in [0.25, 0.3) is 0 Å². The van der Waals surface area contributed by atoms with Crippen LogP contribution in [0.1, 0.15) is 19.4 Å². The van der Waals surface area contributed by atoms with Crippen LogP contribution < -0.4 is 5.32 Å². The molecule has 5 heteroatoms. The largest absolute Gasteiger partial charge is 0.383 e. The lowest BCUT2D eigenvalue weighted by molar-refractivity contribution is 0.159. The first-order valence-electron chi connectivity index (χ1n) is 6.36. The first kappa shape index (κ1) is 15.8. The molecule has 19 heavy (non-hydrogen) atoms. The minimum Gasteiger partial charge on any atom is -0.383 e. The van der Waals surface area contributed by atoms with Gasteiger partial charge in [0.15, 0.2) is 0 Å². The number of hydrogen-bond donors (Lipinski definition) is 1. The zero-order chi connectivity index (χ0) is 14.3. The van der Waals surface area contributed by atoms with E-state index < -0.39 is 0 Å². The van der Waals surface area contributed by atoms with Crippen molar-refractivity contribution in [1.82, 2.24) is 10.2 Å². The summed E-state index contributed by atoms with van der Waals surface area (Å²) in [6, 6.07) is 7.43. The fourth-order valence-corrected chi connectivity index (χ4v) is 1.95. The molecule has 1 rings (SSSR count). The second kappa shape index (κ2) is 8.02. The van der Waals surface area contributed by atoms with Crippen molar-refractivity contribution in [3.63, 3.8) is 0 Å². The van der Waals surface area contributed by atoms with Crippen molar-refractivity contribution in [1.29, 1.82) is 0 Å². The van der Waals surface area contributed by atoms with Crippen LogP contribution in [0, 0.1) is 0 Å². The predicted molar refractivity (Wildman–Crippen MR) is 77.4 cm³/mol. The van der Waals surface area contributed by atoms with Crippen molar-refractivity contribution in [3.05, 3.63) is 34.9 Å². The van der Waals surface area contributed by atoms with E-state index in [4.69, 9.17) is 16.3 Å². The van der Waals surface area contributed by atoms with Gasteiger partial charge in [0.1, 0.15) is 0 Å². The van der Waals surface area contributed by atoms with Crippen LogP contribution in [-0.4, -0.2) is 37.2 Å². The van der Waals surface area contributed by atoms with Crippen molar-refractivity contribution >= 4 is 17.6 Å². The molecule has 1 unspecified atom stereocenters. The van der Waals surface area contributed by atoms with Crippen molar-refractivity contribution in [2.75, 3.05) is 20.3 Å². The Bertz CT molecular complexity index is 412. The highest BCUT2D eigenvalue weighted by molar-refractivity contribution is 6.31. The summed E-state index contributed by atoms with van der Waals surface area (Å²) in [6.07, 6.45) is 0. The Morgan fingerprint density at radius 1 is 1.47 bits per heavy atom. The Labute approximate surface area is 119 Å². The van der Waals surface area contributed by atoms with Gasteiger partial charge in [-0.3, -0.25) is 0 Å². The smallest absolute Gasteiger partial charge is 0.317 e. The first-order chi connectivity index (χ1) is 9.08. The van der Waals surface area contributed by atoms with Crippen LogP contribution in [-0.2, 0) is 11.3 Å². The highest BCUT2D eigenvalue weighted by atomic mass is 35.5. The summed E-state index contributed by atoms with van der Waals surface area (Å²) in [6.45, 7) is 5.47. The third-order valence-electron chi connectivity index (χ3n) is 2.77. The zero-order valence-corrected chi connectivity index (χ0v) is 12.4. The monoisotopic (exact) mass is 284 g/mol. The average Bonchev–Trinajstić information content (AvgIpc) is 2.37. The standard InChI is InChI=1S/C14H21ClN2O2/c1-4-17(14(18)16-11(2)10-19-3)9-12-7-5-6-8-13(12)15/h5-8,11H,4,9-10H2,1-3H3,(H,16,18). The second-order valence-corrected chi connectivity index (χ2v) is 4.82. The van der Waals surface area contributed by atoms with Crippen molar-refractivity contribution in [2.45, 2.75) is 26.4 Å². The van der Waals surface area contributed by atoms with E-state index in [9.17, 15) is 4.79 Å². The van der Waals surface area contributed by atoms with E-state index in [1.54, 1.807) is 12.0 Å². The van der Waals surface area contributed by atoms with Gasteiger partial charge in [-0.1, -0.05) is 29.8 Å². The highest BCUT2D eigenvalue weighted by Crippen LogP contribution is 2.16. The number of carbonyl (C=O) groups excluding carboxylic acids is 1. The molecule has 0 saturated heterocycles. The number of urea groups is 1. The van der Waals surface area contributed by atoms with Gasteiger partial charge in [0.25, 0.3) is 0 Å². The molecule has 1 aromatic rings. The average molecular weight is 285 g/mol. The van der Waals surface area contributed by atoms with E-state index in [2.05, 4.69) is 5.32 Å². The summed E-state index contributed by atoms with van der Waals surface area (Å²) >= 11 is 6.11. The Balaban J connectivity index is 2.63. The van der Waals surface area contributed by atoms with Gasteiger partial charge < -0.3 is 15.0 Å². The Kier molecular flexibility index (Phi) is 6.67. The topological polar surface area (TPSA) is 41.6 Å². The molecule has 0 aliphatic carbocycles. The summed E-state index contributed by atoms with van der Waals surface area (Å²) in [5.74, 6) is 0. The predicted octanol–water partition coefficient (Wildman–Crippen LogP) is 2.91. The van der Waals surface area contributed by atoms with Crippen LogP contribution in [0.2, 0.25) is 5.02 Å². The van der Waals surface area contributed by atoms with Crippen LogP contribution >= 0.6 is 11.6 Å². The van der Waals surface area contributed by atoms with Crippen molar-refractivity contribution < 1.29 is 9.53 Å². The van der Waals surface area contributed by atoms with Gasteiger partial charge in [0, 0.05) is 25.2 Å². The van der Waals surface area contributed by atoms with E-state index in [1.165, 1.54) is 0 Å². The summed E-state index contributed by atoms with van der Waals surface area (Å²) in [7, 11) is 1.62. The third-order valence-corrected chi connectivity index (χ3v) is 3.14. The molecular formula is C14H21ClN2O2. The minimum atomic E-state index is -0.105. The van der Waals surface area contributed by atoms with Gasteiger partial charge >= 0.3 is 6.03 Å².